The molecule has 4 rings (SSSR count). The van der Waals surface area contributed by atoms with Crippen molar-refractivity contribution in [1.29, 1.82) is 0 Å². The number of thiazole rings is 1. The predicted molar refractivity (Wildman–Crippen MR) is 138 cm³/mol. The Morgan fingerprint density at radius 3 is 2.26 bits per heavy atom. The van der Waals surface area contributed by atoms with Crippen molar-refractivity contribution in [3.63, 3.8) is 0 Å². The van der Waals surface area contributed by atoms with Crippen LogP contribution in [-0.2, 0) is 19.1 Å². The number of nitrogens with zero attached hydrogens (tertiary/aromatic N) is 2. The average molecular weight is 537 g/mol. The van der Waals surface area contributed by atoms with Gasteiger partial charge in [0.1, 0.15) is 5.75 Å². The first-order valence-electron chi connectivity index (χ1n) is 11.4. The summed E-state index contributed by atoms with van der Waals surface area (Å²) < 4.78 is 22.4. The molecule has 3 aromatic rings. The van der Waals surface area contributed by atoms with Crippen LogP contribution < -0.4 is 29.1 Å². The number of carbonyl (C=O) groups is 3. The molecule has 1 aromatic heterocycles. The van der Waals surface area contributed by atoms with E-state index in [2.05, 4.69) is 4.99 Å². The summed E-state index contributed by atoms with van der Waals surface area (Å²) in [6.07, 6.45) is 1.67. The standard InChI is InChI=1S/C27H24N2O8S/c1-14-23(26(33)35-5)24(18-7-9-19(10-8-18)36-15(2)30)29-25(32)22(38-27(29)28-14)13-17-6-11-20(37-16(3)31)21(12-17)34-4/h6-13,24H,1-5H3. The average Bonchev–Trinajstić information content (AvgIpc) is 3.17. The lowest BCUT2D eigenvalue weighted by Gasteiger charge is -2.24. The highest BCUT2D eigenvalue weighted by atomic mass is 32.1. The van der Waals surface area contributed by atoms with Gasteiger partial charge in [-0.1, -0.05) is 29.5 Å². The summed E-state index contributed by atoms with van der Waals surface area (Å²) in [6, 6.07) is 10.6. The van der Waals surface area contributed by atoms with Gasteiger partial charge in [-0.15, -0.1) is 0 Å². The molecule has 0 N–H and O–H groups in total. The maximum absolute atomic E-state index is 13.7. The molecule has 1 aliphatic rings. The first kappa shape index (κ1) is 26.6. The van der Waals surface area contributed by atoms with Gasteiger partial charge in [0.2, 0.25) is 0 Å². The number of benzene rings is 2. The molecule has 0 radical (unpaired) electrons. The fraction of sp³-hybridized carbons (Fsp3) is 0.222. The van der Waals surface area contributed by atoms with Crippen molar-refractivity contribution in [2.75, 3.05) is 14.2 Å². The first-order chi connectivity index (χ1) is 18.1. The third-order valence-electron chi connectivity index (χ3n) is 5.62. The molecular formula is C27H24N2O8S. The van der Waals surface area contributed by atoms with Gasteiger partial charge in [-0.2, -0.15) is 0 Å². The van der Waals surface area contributed by atoms with Gasteiger partial charge in [0.15, 0.2) is 16.3 Å². The molecule has 0 saturated heterocycles. The van der Waals surface area contributed by atoms with E-state index in [1.54, 1.807) is 55.5 Å². The van der Waals surface area contributed by atoms with Crippen LogP contribution in [0, 0.1) is 0 Å². The highest BCUT2D eigenvalue weighted by Gasteiger charge is 2.33. The Labute approximate surface area is 221 Å². The molecular weight excluding hydrogens is 512 g/mol. The second-order valence-corrected chi connectivity index (χ2v) is 9.25. The van der Waals surface area contributed by atoms with Gasteiger partial charge in [-0.3, -0.25) is 19.0 Å². The smallest absolute Gasteiger partial charge is 0.338 e. The Hall–Kier alpha value is -4.51. The Balaban J connectivity index is 1.86. The van der Waals surface area contributed by atoms with Crippen LogP contribution >= 0.6 is 11.3 Å². The predicted octanol–water partition coefficient (Wildman–Crippen LogP) is 2.27. The molecule has 11 heteroatoms. The molecule has 0 spiro atoms. The van der Waals surface area contributed by atoms with Gasteiger partial charge in [-0.05, 0) is 48.4 Å². The van der Waals surface area contributed by atoms with Crippen LogP contribution in [-0.4, -0.2) is 36.7 Å². The van der Waals surface area contributed by atoms with Gasteiger partial charge >= 0.3 is 17.9 Å². The molecule has 38 heavy (non-hydrogen) atoms. The Kier molecular flexibility index (Phi) is 7.58. The van der Waals surface area contributed by atoms with E-state index in [1.165, 1.54) is 44.0 Å². The molecule has 2 aromatic carbocycles. The minimum atomic E-state index is -0.812. The van der Waals surface area contributed by atoms with Crippen molar-refractivity contribution in [3.05, 3.63) is 84.5 Å². The van der Waals surface area contributed by atoms with Crippen molar-refractivity contribution in [3.8, 4) is 17.2 Å². The lowest BCUT2D eigenvalue weighted by atomic mass is 9.96. The number of ether oxygens (including phenoxy) is 4. The molecule has 2 heterocycles. The van der Waals surface area contributed by atoms with Crippen LogP contribution in [0.4, 0.5) is 0 Å². The van der Waals surface area contributed by atoms with Crippen LogP contribution in [0.25, 0.3) is 6.08 Å². The number of aromatic nitrogens is 1. The topological polar surface area (TPSA) is 122 Å². The quantitative estimate of drug-likeness (QED) is 0.347. The fourth-order valence-corrected chi connectivity index (χ4v) is 5.10. The van der Waals surface area contributed by atoms with Crippen molar-refractivity contribution in [2.45, 2.75) is 26.8 Å². The number of allylic oxidation sites excluding steroid dienone is 1. The maximum atomic E-state index is 13.7. The zero-order chi connectivity index (χ0) is 27.6. The summed E-state index contributed by atoms with van der Waals surface area (Å²) in [5, 5.41) is 0. The molecule has 0 amide bonds. The number of rotatable bonds is 6. The van der Waals surface area contributed by atoms with E-state index >= 15 is 0 Å². The highest BCUT2D eigenvalue weighted by Crippen LogP contribution is 2.32. The van der Waals surface area contributed by atoms with Crippen LogP contribution in [0.2, 0.25) is 0 Å². The molecule has 196 valence electrons. The van der Waals surface area contributed by atoms with E-state index in [0.29, 0.717) is 37.7 Å². The molecule has 1 atom stereocenters. The van der Waals surface area contributed by atoms with E-state index in [0.717, 1.165) is 0 Å². The number of esters is 3. The lowest BCUT2D eigenvalue weighted by Crippen LogP contribution is -2.39. The van der Waals surface area contributed by atoms with Crippen LogP contribution in [0.5, 0.6) is 17.2 Å². The second kappa shape index (κ2) is 10.9. The third kappa shape index (κ3) is 5.28. The number of hydrogen-bond donors (Lipinski definition) is 0. The van der Waals surface area contributed by atoms with E-state index in [1.807, 2.05) is 0 Å². The lowest BCUT2D eigenvalue weighted by molar-refractivity contribution is -0.136. The van der Waals surface area contributed by atoms with E-state index in [9.17, 15) is 19.2 Å². The summed E-state index contributed by atoms with van der Waals surface area (Å²) in [5.41, 5.74) is 1.52. The number of hydrogen-bond acceptors (Lipinski definition) is 10. The van der Waals surface area contributed by atoms with Gasteiger partial charge in [0.25, 0.3) is 5.56 Å². The van der Waals surface area contributed by atoms with Crippen LogP contribution in [0.3, 0.4) is 0 Å². The summed E-state index contributed by atoms with van der Waals surface area (Å²) in [6.45, 7) is 4.27. The van der Waals surface area contributed by atoms with Crippen molar-refractivity contribution in [1.82, 2.24) is 4.57 Å². The molecule has 1 unspecified atom stereocenters. The number of carbonyl (C=O) groups excluding carboxylic acids is 3. The molecule has 0 saturated carbocycles. The van der Waals surface area contributed by atoms with Gasteiger partial charge in [0.05, 0.1) is 36.1 Å². The van der Waals surface area contributed by atoms with Crippen LogP contribution in [0.1, 0.15) is 37.9 Å². The van der Waals surface area contributed by atoms with Crippen LogP contribution in [0.15, 0.2) is 63.5 Å². The number of fused-ring (bicyclic) bond motifs is 1. The summed E-state index contributed by atoms with van der Waals surface area (Å²) in [5.74, 6) is -0.637. The fourth-order valence-electron chi connectivity index (χ4n) is 4.06. The molecule has 0 fully saturated rings. The van der Waals surface area contributed by atoms with Crippen molar-refractivity contribution in [2.24, 2.45) is 4.99 Å². The summed E-state index contributed by atoms with van der Waals surface area (Å²) in [4.78, 5) is 54.1. The van der Waals surface area contributed by atoms with Crippen molar-refractivity contribution < 1.29 is 33.3 Å². The second-order valence-electron chi connectivity index (χ2n) is 8.24. The zero-order valence-corrected chi connectivity index (χ0v) is 22.1. The monoisotopic (exact) mass is 536 g/mol. The van der Waals surface area contributed by atoms with E-state index in [-0.39, 0.29) is 16.9 Å². The SMILES string of the molecule is COC(=O)C1=C(C)N=c2sc(=Cc3ccc(OC(C)=O)c(OC)c3)c(=O)n2C1c1ccc(OC(C)=O)cc1. The largest absolute Gasteiger partial charge is 0.493 e. The first-order valence-corrected chi connectivity index (χ1v) is 12.2. The molecule has 0 bridgehead atoms. The summed E-state index contributed by atoms with van der Waals surface area (Å²) in [7, 11) is 2.71. The summed E-state index contributed by atoms with van der Waals surface area (Å²) >= 11 is 1.17. The minimum absolute atomic E-state index is 0.221. The number of methoxy groups -OCH3 is 2. The molecule has 0 aliphatic carbocycles. The molecule has 10 nitrogen and oxygen atoms in total. The maximum Gasteiger partial charge on any atom is 0.338 e. The zero-order valence-electron chi connectivity index (χ0n) is 21.3. The molecule has 1 aliphatic heterocycles. The normalized spacial score (nSPS) is 14.9. The van der Waals surface area contributed by atoms with E-state index < -0.39 is 23.9 Å². The van der Waals surface area contributed by atoms with Gasteiger partial charge in [0, 0.05) is 13.8 Å². The Morgan fingerprint density at radius 2 is 1.66 bits per heavy atom. The minimum Gasteiger partial charge on any atom is -0.493 e. The Morgan fingerprint density at radius 1 is 0.974 bits per heavy atom. The van der Waals surface area contributed by atoms with E-state index in [4.69, 9.17) is 18.9 Å². The highest BCUT2D eigenvalue weighted by molar-refractivity contribution is 7.07. The third-order valence-corrected chi connectivity index (χ3v) is 6.61. The van der Waals surface area contributed by atoms with Crippen molar-refractivity contribution >= 4 is 35.3 Å². The van der Waals surface area contributed by atoms with Gasteiger partial charge in [-0.25, -0.2) is 9.79 Å². The van der Waals surface area contributed by atoms with Gasteiger partial charge < -0.3 is 18.9 Å². The Bertz CT molecular complexity index is 1650.